The standard InChI is InChI=1S/C27H34N2O3/c1-31-24-10-4-6-20(14-24)16-29-18-21(17-28-13-5-7-22(28)19-30)26-15-25(11-12-27(26)29)32-23-8-2-3-9-23/h4,6,10-12,14-15,18,22-23,30H,2-3,5,7-9,13,16-17,19H2,1H3/t22-/m0/s1. The molecule has 1 saturated carbocycles. The van der Waals surface area contributed by atoms with Crippen molar-refractivity contribution in [2.45, 2.75) is 63.8 Å². The number of ether oxygens (including phenoxy) is 2. The van der Waals surface area contributed by atoms with Gasteiger partial charge in [-0.2, -0.15) is 0 Å². The summed E-state index contributed by atoms with van der Waals surface area (Å²) in [6, 6.07) is 15.1. The fourth-order valence-electron chi connectivity index (χ4n) is 5.38. The fraction of sp³-hybridized carbons (Fsp3) is 0.481. The van der Waals surface area contributed by atoms with E-state index in [1.807, 2.05) is 12.1 Å². The third-order valence-electron chi connectivity index (χ3n) is 7.11. The summed E-state index contributed by atoms with van der Waals surface area (Å²) in [5, 5.41) is 11.1. The number of nitrogens with zero attached hydrogens (tertiary/aromatic N) is 2. The van der Waals surface area contributed by atoms with Gasteiger partial charge in [0.1, 0.15) is 11.5 Å². The summed E-state index contributed by atoms with van der Waals surface area (Å²) in [6.07, 6.45) is 9.74. The van der Waals surface area contributed by atoms with Gasteiger partial charge in [0.25, 0.3) is 0 Å². The number of likely N-dealkylation sites (tertiary alicyclic amines) is 1. The van der Waals surface area contributed by atoms with E-state index in [1.54, 1.807) is 7.11 Å². The van der Waals surface area contributed by atoms with Crippen LogP contribution in [0.4, 0.5) is 0 Å². The number of hydrogen-bond acceptors (Lipinski definition) is 4. The van der Waals surface area contributed by atoms with Gasteiger partial charge in [-0.1, -0.05) is 12.1 Å². The number of methoxy groups -OCH3 is 1. The Bertz CT molecular complexity index is 1050. The molecular weight excluding hydrogens is 400 g/mol. The molecule has 2 fully saturated rings. The number of hydrogen-bond donors (Lipinski definition) is 1. The maximum atomic E-state index is 9.80. The van der Waals surface area contributed by atoms with Crippen molar-refractivity contribution >= 4 is 10.9 Å². The molecule has 1 aromatic heterocycles. The second kappa shape index (κ2) is 9.55. The second-order valence-corrected chi connectivity index (χ2v) is 9.29. The maximum Gasteiger partial charge on any atom is 0.120 e. The Balaban J connectivity index is 1.48. The summed E-state index contributed by atoms with van der Waals surface area (Å²) >= 11 is 0. The van der Waals surface area contributed by atoms with Crippen LogP contribution in [-0.2, 0) is 13.1 Å². The van der Waals surface area contributed by atoms with Gasteiger partial charge < -0.3 is 19.1 Å². The van der Waals surface area contributed by atoms with Crippen LogP contribution in [0.2, 0.25) is 0 Å². The largest absolute Gasteiger partial charge is 0.497 e. The van der Waals surface area contributed by atoms with Crippen LogP contribution in [0, 0.1) is 0 Å². The average molecular weight is 435 g/mol. The van der Waals surface area contributed by atoms with Gasteiger partial charge in [0, 0.05) is 36.2 Å². The Morgan fingerprint density at radius 3 is 2.66 bits per heavy atom. The van der Waals surface area contributed by atoms with Gasteiger partial charge in [-0.05, 0) is 86.5 Å². The molecule has 2 heterocycles. The Kier molecular flexibility index (Phi) is 6.37. The van der Waals surface area contributed by atoms with Crippen molar-refractivity contribution in [3.63, 3.8) is 0 Å². The average Bonchev–Trinajstić information content (AvgIpc) is 3.56. The molecule has 0 unspecified atom stereocenters. The Morgan fingerprint density at radius 2 is 1.84 bits per heavy atom. The van der Waals surface area contributed by atoms with Crippen molar-refractivity contribution in [1.82, 2.24) is 9.47 Å². The highest BCUT2D eigenvalue weighted by atomic mass is 16.5. The van der Waals surface area contributed by atoms with Gasteiger partial charge >= 0.3 is 0 Å². The minimum atomic E-state index is 0.235. The van der Waals surface area contributed by atoms with Gasteiger partial charge in [0.2, 0.25) is 0 Å². The summed E-state index contributed by atoms with van der Waals surface area (Å²) in [6.45, 7) is 2.93. The normalized spacial score (nSPS) is 19.8. The third-order valence-corrected chi connectivity index (χ3v) is 7.11. The van der Waals surface area contributed by atoms with Crippen molar-refractivity contribution in [2.75, 3.05) is 20.3 Å². The van der Waals surface area contributed by atoms with Crippen molar-refractivity contribution < 1.29 is 14.6 Å². The number of rotatable bonds is 8. The van der Waals surface area contributed by atoms with Crippen LogP contribution in [-0.4, -0.2) is 47.0 Å². The lowest BCUT2D eigenvalue weighted by atomic mass is 10.1. The number of aromatic nitrogens is 1. The predicted molar refractivity (Wildman–Crippen MR) is 127 cm³/mol. The SMILES string of the molecule is COc1cccc(Cn2cc(CN3CCC[C@H]3CO)c3cc(OC4CCCC4)ccc32)c1. The Morgan fingerprint density at radius 1 is 0.969 bits per heavy atom. The van der Waals surface area contributed by atoms with Crippen molar-refractivity contribution in [1.29, 1.82) is 0 Å². The van der Waals surface area contributed by atoms with Crippen LogP contribution in [0.3, 0.4) is 0 Å². The van der Waals surface area contributed by atoms with Crippen molar-refractivity contribution in [3.05, 3.63) is 59.8 Å². The molecule has 5 rings (SSSR count). The summed E-state index contributed by atoms with van der Waals surface area (Å²) in [7, 11) is 1.71. The molecular formula is C27H34N2O3. The zero-order valence-electron chi connectivity index (χ0n) is 19.0. The molecule has 0 bridgehead atoms. The van der Waals surface area contributed by atoms with E-state index in [-0.39, 0.29) is 12.6 Å². The van der Waals surface area contributed by atoms with Crippen LogP contribution >= 0.6 is 0 Å². The van der Waals surface area contributed by atoms with Gasteiger partial charge in [-0.25, -0.2) is 0 Å². The first-order valence-electron chi connectivity index (χ1n) is 12.0. The molecule has 3 aromatic rings. The van der Waals surface area contributed by atoms with Gasteiger partial charge in [-0.15, -0.1) is 0 Å². The Labute approximate surface area is 190 Å². The first kappa shape index (κ1) is 21.4. The predicted octanol–water partition coefficient (Wildman–Crippen LogP) is 4.98. The minimum absolute atomic E-state index is 0.235. The summed E-state index contributed by atoms with van der Waals surface area (Å²) in [4.78, 5) is 2.43. The van der Waals surface area contributed by atoms with Crippen molar-refractivity contribution in [2.24, 2.45) is 0 Å². The molecule has 170 valence electrons. The van der Waals surface area contributed by atoms with E-state index in [0.717, 1.165) is 56.8 Å². The van der Waals surface area contributed by atoms with Crippen LogP contribution < -0.4 is 9.47 Å². The van der Waals surface area contributed by atoms with E-state index < -0.39 is 0 Å². The monoisotopic (exact) mass is 434 g/mol. The zero-order chi connectivity index (χ0) is 21.9. The van der Waals surface area contributed by atoms with E-state index >= 15 is 0 Å². The molecule has 2 aromatic carbocycles. The van der Waals surface area contributed by atoms with Gasteiger partial charge in [0.15, 0.2) is 0 Å². The summed E-state index contributed by atoms with van der Waals surface area (Å²) in [5.74, 6) is 1.86. The van der Waals surface area contributed by atoms with Crippen LogP contribution in [0.25, 0.3) is 10.9 Å². The molecule has 1 saturated heterocycles. The van der Waals surface area contributed by atoms with Crippen LogP contribution in [0.15, 0.2) is 48.7 Å². The highest BCUT2D eigenvalue weighted by Crippen LogP contribution is 2.32. The lowest BCUT2D eigenvalue weighted by Crippen LogP contribution is -2.31. The molecule has 0 amide bonds. The number of benzene rings is 2. The number of aliphatic hydroxyl groups is 1. The second-order valence-electron chi connectivity index (χ2n) is 9.29. The molecule has 0 radical (unpaired) electrons. The lowest BCUT2D eigenvalue weighted by Gasteiger charge is -2.22. The highest BCUT2D eigenvalue weighted by molar-refractivity contribution is 5.85. The Hall–Kier alpha value is -2.50. The maximum absolute atomic E-state index is 9.80. The molecule has 1 aliphatic carbocycles. The topological polar surface area (TPSA) is 46.9 Å². The van der Waals surface area contributed by atoms with Crippen LogP contribution in [0.5, 0.6) is 11.5 Å². The van der Waals surface area contributed by atoms with E-state index in [1.165, 1.54) is 34.9 Å². The van der Waals surface area contributed by atoms with E-state index in [2.05, 4.69) is 46.0 Å². The first-order valence-corrected chi connectivity index (χ1v) is 12.0. The molecule has 5 heteroatoms. The highest BCUT2D eigenvalue weighted by Gasteiger charge is 2.25. The van der Waals surface area contributed by atoms with Crippen LogP contribution in [0.1, 0.15) is 49.7 Å². The molecule has 0 spiro atoms. The van der Waals surface area contributed by atoms with Gasteiger partial charge in [0.05, 0.1) is 19.8 Å². The molecule has 5 nitrogen and oxygen atoms in total. The quantitative estimate of drug-likeness (QED) is 0.543. The first-order chi connectivity index (χ1) is 15.7. The van der Waals surface area contributed by atoms with E-state index in [4.69, 9.17) is 9.47 Å². The molecule has 1 atom stereocenters. The smallest absolute Gasteiger partial charge is 0.120 e. The van der Waals surface area contributed by atoms with E-state index in [9.17, 15) is 5.11 Å². The molecule has 1 aliphatic heterocycles. The minimum Gasteiger partial charge on any atom is -0.497 e. The molecule has 1 N–H and O–H groups in total. The third kappa shape index (κ3) is 4.50. The molecule has 32 heavy (non-hydrogen) atoms. The zero-order valence-corrected chi connectivity index (χ0v) is 19.0. The van der Waals surface area contributed by atoms with Crippen molar-refractivity contribution in [3.8, 4) is 11.5 Å². The van der Waals surface area contributed by atoms with E-state index in [0.29, 0.717) is 6.10 Å². The fourth-order valence-corrected chi connectivity index (χ4v) is 5.38. The molecule has 2 aliphatic rings. The van der Waals surface area contributed by atoms with Gasteiger partial charge in [-0.3, -0.25) is 4.90 Å². The summed E-state index contributed by atoms with van der Waals surface area (Å²) in [5.41, 5.74) is 3.75. The lowest BCUT2D eigenvalue weighted by molar-refractivity contribution is 0.154. The number of aliphatic hydroxyl groups excluding tert-OH is 1. The summed E-state index contributed by atoms with van der Waals surface area (Å²) < 4.78 is 14.1. The number of fused-ring (bicyclic) bond motifs is 1.